The van der Waals surface area contributed by atoms with E-state index in [1.807, 2.05) is 6.92 Å². The van der Waals surface area contributed by atoms with Crippen LogP contribution in [0.25, 0.3) is 0 Å². The molecule has 1 saturated heterocycles. The van der Waals surface area contributed by atoms with Gasteiger partial charge >= 0.3 is 5.97 Å². The van der Waals surface area contributed by atoms with Gasteiger partial charge in [-0.25, -0.2) is 4.79 Å². The van der Waals surface area contributed by atoms with Crippen molar-refractivity contribution >= 4 is 27.8 Å². The van der Waals surface area contributed by atoms with Crippen molar-refractivity contribution in [2.45, 2.75) is 32.2 Å². The van der Waals surface area contributed by atoms with E-state index in [0.717, 1.165) is 25.8 Å². The number of hydrogen-bond donors (Lipinski definition) is 0. The molecule has 1 amide bonds. The van der Waals surface area contributed by atoms with E-state index in [9.17, 15) is 9.59 Å². The Morgan fingerprint density at radius 2 is 2.26 bits per heavy atom. The van der Waals surface area contributed by atoms with Gasteiger partial charge in [0.2, 0.25) is 5.76 Å². The molecule has 1 aromatic rings. The predicted octanol–water partition coefficient (Wildman–Crippen LogP) is 2.60. The van der Waals surface area contributed by atoms with Gasteiger partial charge in [0, 0.05) is 12.6 Å². The van der Waals surface area contributed by atoms with Crippen LogP contribution < -0.4 is 0 Å². The number of piperidine rings is 1. The molecule has 2 rings (SSSR count). The second-order valence-corrected chi connectivity index (χ2v) is 5.39. The molecule has 1 aliphatic rings. The van der Waals surface area contributed by atoms with Crippen LogP contribution >= 0.6 is 15.9 Å². The molecule has 1 aromatic heterocycles. The van der Waals surface area contributed by atoms with Gasteiger partial charge in [-0.15, -0.1) is 0 Å². The molecule has 19 heavy (non-hydrogen) atoms. The lowest BCUT2D eigenvalue weighted by Gasteiger charge is -2.33. The molecule has 1 atom stereocenters. The molecule has 0 saturated carbocycles. The maximum Gasteiger partial charge on any atom is 0.374 e. The number of rotatable bonds is 3. The van der Waals surface area contributed by atoms with Crippen molar-refractivity contribution in [2.24, 2.45) is 0 Å². The molecule has 5 nitrogen and oxygen atoms in total. The van der Waals surface area contributed by atoms with E-state index in [-0.39, 0.29) is 24.3 Å². The van der Waals surface area contributed by atoms with Crippen molar-refractivity contribution in [3.8, 4) is 0 Å². The van der Waals surface area contributed by atoms with Crippen molar-refractivity contribution in [1.82, 2.24) is 4.90 Å². The third-order valence-corrected chi connectivity index (χ3v) is 3.65. The minimum atomic E-state index is -0.622. The number of hydrogen-bond acceptors (Lipinski definition) is 4. The summed E-state index contributed by atoms with van der Waals surface area (Å²) in [6, 6.07) is 3.32. The van der Waals surface area contributed by atoms with E-state index in [4.69, 9.17) is 9.15 Å². The fourth-order valence-corrected chi connectivity index (χ4v) is 2.48. The molecule has 104 valence electrons. The number of amides is 1. The molecule has 0 aliphatic carbocycles. The summed E-state index contributed by atoms with van der Waals surface area (Å²) in [5, 5.41) is 0. The second-order valence-electron chi connectivity index (χ2n) is 4.61. The van der Waals surface area contributed by atoms with Crippen molar-refractivity contribution in [1.29, 1.82) is 0 Å². The number of halogens is 1. The molecule has 6 heteroatoms. The van der Waals surface area contributed by atoms with E-state index in [1.54, 1.807) is 11.0 Å². The Hall–Kier alpha value is -1.30. The normalized spacial score (nSPS) is 19.3. The third kappa shape index (κ3) is 3.59. The van der Waals surface area contributed by atoms with Crippen molar-refractivity contribution in [3.63, 3.8) is 0 Å². The van der Waals surface area contributed by atoms with E-state index in [1.165, 1.54) is 6.07 Å². The van der Waals surface area contributed by atoms with Crippen LogP contribution in [0.1, 0.15) is 36.7 Å². The Morgan fingerprint density at radius 1 is 1.47 bits per heavy atom. The van der Waals surface area contributed by atoms with Gasteiger partial charge in [-0.1, -0.05) is 0 Å². The van der Waals surface area contributed by atoms with Gasteiger partial charge in [0.25, 0.3) is 5.91 Å². The Kier molecular flexibility index (Phi) is 4.63. The number of esters is 1. The number of nitrogens with zero attached hydrogens (tertiary/aromatic N) is 1. The summed E-state index contributed by atoms with van der Waals surface area (Å²) in [5.41, 5.74) is 0. The maximum atomic E-state index is 12.0. The maximum absolute atomic E-state index is 12.0. The first-order valence-corrected chi connectivity index (χ1v) is 7.09. The summed E-state index contributed by atoms with van der Waals surface area (Å²) >= 11 is 3.10. The van der Waals surface area contributed by atoms with Gasteiger partial charge in [0.1, 0.15) is 0 Å². The fraction of sp³-hybridized carbons (Fsp3) is 0.538. The van der Waals surface area contributed by atoms with Crippen molar-refractivity contribution in [2.75, 3.05) is 13.2 Å². The number of furan rings is 1. The average molecular weight is 330 g/mol. The highest BCUT2D eigenvalue weighted by molar-refractivity contribution is 9.10. The van der Waals surface area contributed by atoms with Gasteiger partial charge in [0.15, 0.2) is 11.3 Å². The zero-order chi connectivity index (χ0) is 13.8. The lowest BCUT2D eigenvalue weighted by atomic mass is 10.0. The molecular formula is C13H16BrNO4. The molecular weight excluding hydrogens is 314 g/mol. The Balaban J connectivity index is 1.84. The van der Waals surface area contributed by atoms with E-state index < -0.39 is 5.97 Å². The smallest absolute Gasteiger partial charge is 0.374 e. The zero-order valence-corrected chi connectivity index (χ0v) is 12.3. The molecule has 0 spiro atoms. The lowest BCUT2D eigenvalue weighted by molar-refractivity contribution is -0.137. The molecule has 1 fully saturated rings. The first-order chi connectivity index (χ1) is 9.08. The highest BCUT2D eigenvalue weighted by Gasteiger charge is 2.24. The van der Waals surface area contributed by atoms with Gasteiger partial charge in [-0.05, 0) is 54.2 Å². The summed E-state index contributed by atoms with van der Waals surface area (Å²) in [5.74, 6) is -0.679. The van der Waals surface area contributed by atoms with Gasteiger partial charge in [-0.3, -0.25) is 4.79 Å². The minimum Gasteiger partial charge on any atom is -0.450 e. The quantitative estimate of drug-likeness (QED) is 0.800. The van der Waals surface area contributed by atoms with Crippen LogP contribution in [0.5, 0.6) is 0 Å². The Labute approximate surface area is 120 Å². The molecule has 0 aromatic carbocycles. The highest BCUT2D eigenvalue weighted by Crippen LogP contribution is 2.17. The van der Waals surface area contributed by atoms with Gasteiger partial charge < -0.3 is 14.1 Å². The SMILES string of the molecule is C[C@H]1CCCCN1C(=O)COC(=O)c1ccc(Br)o1. The first kappa shape index (κ1) is 14.1. The lowest BCUT2D eigenvalue weighted by Crippen LogP contribution is -2.44. The number of carbonyl (C=O) groups excluding carboxylic acids is 2. The Morgan fingerprint density at radius 3 is 2.89 bits per heavy atom. The average Bonchev–Trinajstić information content (AvgIpc) is 2.83. The highest BCUT2D eigenvalue weighted by atomic mass is 79.9. The van der Waals surface area contributed by atoms with Crippen LogP contribution in [0, 0.1) is 0 Å². The van der Waals surface area contributed by atoms with Crippen LogP contribution in [-0.4, -0.2) is 36.0 Å². The van der Waals surface area contributed by atoms with Gasteiger partial charge in [-0.2, -0.15) is 0 Å². The number of carbonyl (C=O) groups is 2. The summed E-state index contributed by atoms with van der Waals surface area (Å²) in [7, 11) is 0. The van der Waals surface area contributed by atoms with Crippen LogP contribution in [-0.2, 0) is 9.53 Å². The summed E-state index contributed by atoms with van der Waals surface area (Å²) in [6.45, 7) is 2.52. The van der Waals surface area contributed by atoms with Crippen molar-refractivity contribution < 1.29 is 18.7 Å². The third-order valence-electron chi connectivity index (χ3n) is 3.22. The monoisotopic (exact) mass is 329 g/mol. The van der Waals surface area contributed by atoms with Crippen LogP contribution in [0.15, 0.2) is 21.2 Å². The summed E-state index contributed by atoms with van der Waals surface area (Å²) in [6.07, 6.45) is 3.16. The summed E-state index contributed by atoms with van der Waals surface area (Å²) < 4.78 is 10.5. The molecule has 0 unspecified atom stereocenters. The van der Waals surface area contributed by atoms with E-state index in [2.05, 4.69) is 15.9 Å². The first-order valence-electron chi connectivity index (χ1n) is 6.30. The fourth-order valence-electron chi connectivity index (χ4n) is 2.17. The minimum absolute atomic E-state index is 0.0892. The van der Waals surface area contributed by atoms with E-state index in [0.29, 0.717) is 4.67 Å². The Bertz CT molecular complexity index is 471. The van der Waals surface area contributed by atoms with Gasteiger partial charge in [0.05, 0.1) is 0 Å². The zero-order valence-electron chi connectivity index (χ0n) is 10.7. The van der Waals surface area contributed by atoms with E-state index >= 15 is 0 Å². The second kappa shape index (κ2) is 6.23. The predicted molar refractivity (Wildman–Crippen MR) is 71.7 cm³/mol. The molecule has 0 N–H and O–H groups in total. The molecule has 0 bridgehead atoms. The van der Waals surface area contributed by atoms with Crippen LogP contribution in [0.2, 0.25) is 0 Å². The van der Waals surface area contributed by atoms with Crippen LogP contribution in [0.4, 0.5) is 0 Å². The molecule has 2 heterocycles. The standard InChI is InChI=1S/C13H16BrNO4/c1-9-4-2-3-7-15(9)12(16)8-18-13(17)10-5-6-11(14)19-10/h5-6,9H,2-4,7-8H2,1H3/t9-/m0/s1. The van der Waals surface area contributed by atoms with Crippen LogP contribution in [0.3, 0.4) is 0 Å². The molecule has 0 radical (unpaired) electrons. The molecule has 1 aliphatic heterocycles. The largest absolute Gasteiger partial charge is 0.450 e. The summed E-state index contributed by atoms with van der Waals surface area (Å²) in [4.78, 5) is 25.4. The van der Waals surface area contributed by atoms with Crippen molar-refractivity contribution in [3.05, 3.63) is 22.6 Å². The topological polar surface area (TPSA) is 59.8 Å². The number of ether oxygens (including phenoxy) is 1. The number of likely N-dealkylation sites (tertiary alicyclic amines) is 1.